The zero-order chi connectivity index (χ0) is 17.5. The molecular formula is C19H20ClNO3. The molecule has 2 rings (SSSR count). The molecule has 0 bridgehead atoms. The molecule has 4 nitrogen and oxygen atoms in total. The largest absolute Gasteiger partial charge is 0.460 e. The van der Waals surface area contributed by atoms with E-state index in [-0.39, 0.29) is 13.0 Å². The van der Waals surface area contributed by atoms with E-state index in [1.165, 1.54) is 0 Å². The number of Topliss-reactive ketones (excluding diaryl/α,β-unsaturated/α-hetero) is 1. The maximum Gasteiger partial charge on any atom is 0.374 e. The highest BCUT2D eigenvalue weighted by molar-refractivity contribution is 6.33. The monoisotopic (exact) mass is 345 g/mol. The van der Waals surface area contributed by atoms with Gasteiger partial charge in [0.15, 0.2) is 0 Å². The van der Waals surface area contributed by atoms with E-state index >= 15 is 0 Å². The minimum absolute atomic E-state index is 0.0190. The minimum atomic E-state index is -0.816. The Labute approximate surface area is 146 Å². The molecule has 0 saturated heterocycles. The van der Waals surface area contributed by atoms with Crippen LogP contribution in [0.2, 0.25) is 5.02 Å². The van der Waals surface area contributed by atoms with Gasteiger partial charge in [0, 0.05) is 17.5 Å². The number of esters is 1. The average molecular weight is 346 g/mol. The molecule has 0 aromatic heterocycles. The smallest absolute Gasteiger partial charge is 0.374 e. The molecule has 0 aliphatic heterocycles. The van der Waals surface area contributed by atoms with Crippen molar-refractivity contribution in [3.05, 3.63) is 59.1 Å². The Kier molecular flexibility index (Phi) is 6.53. The molecule has 0 unspecified atom stereocenters. The maximum absolute atomic E-state index is 11.6. The summed E-state index contributed by atoms with van der Waals surface area (Å²) in [6.07, 6.45) is 0.496. The van der Waals surface area contributed by atoms with Crippen LogP contribution < -0.4 is 5.73 Å². The third kappa shape index (κ3) is 5.18. The molecule has 0 fully saturated rings. The van der Waals surface area contributed by atoms with E-state index in [1.54, 1.807) is 6.92 Å². The Morgan fingerprint density at radius 1 is 1.12 bits per heavy atom. The zero-order valence-corrected chi connectivity index (χ0v) is 14.3. The van der Waals surface area contributed by atoms with Gasteiger partial charge >= 0.3 is 5.97 Å². The van der Waals surface area contributed by atoms with E-state index in [4.69, 9.17) is 17.3 Å². The first kappa shape index (κ1) is 18.2. The topological polar surface area (TPSA) is 69.4 Å². The number of carbonyl (C=O) groups is 2. The molecule has 126 valence electrons. The highest BCUT2D eigenvalue weighted by atomic mass is 35.5. The van der Waals surface area contributed by atoms with Gasteiger partial charge in [-0.15, -0.1) is 0 Å². The highest BCUT2D eigenvalue weighted by Gasteiger charge is 2.18. The first-order chi connectivity index (χ1) is 11.5. The summed E-state index contributed by atoms with van der Waals surface area (Å²) >= 11 is 6.01. The van der Waals surface area contributed by atoms with Crippen molar-refractivity contribution in [1.29, 1.82) is 0 Å². The van der Waals surface area contributed by atoms with Crippen LogP contribution in [0.4, 0.5) is 0 Å². The lowest BCUT2D eigenvalue weighted by molar-refractivity contribution is -0.153. The summed E-state index contributed by atoms with van der Waals surface area (Å²) < 4.78 is 4.67. The lowest BCUT2D eigenvalue weighted by Crippen LogP contribution is -2.30. The van der Waals surface area contributed by atoms with Crippen LogP contribution in [-0.4, -0.2) is 24.4 Å². The Morgan fingerprint density at radius 2 is 1.83 bits per heavy atom. The van der Waals surface area contributed by atoms with Crippen molar-refractivity contribution in [2.45, 2.75) is 25.8 Å². The van der Waals surface area contributed by atoms with Gasteiger partial charge in [-0.2, -0.15) is 0 Å². The van der Waals surface area contributed by atoms with Crippen LogP contribution in [0.3, 0.4) is 0 Å². The second-order valence-electron chi connectivity index (χ2n) is 5.52. The van der Waals surface area contributed by atoms with Crippen molar-refractivity contribution in [2.75, 3.05) is 6.61 Å². The van der Waals surface area contributed by atoms with Gasteiger partial charge in [-0.25, -0.2) is 4.79 Å². The van der Waals surface area contributed by atoms with Gasteiger partial charge in [-0.05, 0) is 42.2 Å². The van der Waals surface area contributed by atoms with E-state index in [0.29, 0.717) is 11.4 Å². The SMILES string of the molecule is CCOC(=O)C(=O)C[C@H](N)Cc1ccc(-c2cccc(Cl)c2)cc1. The summed E-state index contributed by atoms with van der Waals surface area (Å²) in [6.45, 7) is 1.84. The third-order valence-electron chi connectivity index (χ3n) is 3.56. The fourth-order valence-electron chi connectivity index (χ4n) is 2.41. The van der Waals surface area contributed by atoms with Gasteiger partial charge in [-0.1, -0.05) is 48.0 Å². The lowest BCUT2D eigenvalue weighted by Gasteiger charge is -2.11. The van der Waals surface area contributed by atoms with Gasteiger partial charge in [0.05, 0.1) is 6.61 Å². The molecule has 2 aromatic carbocycles. The Balaban J connectivity index is 1.96. The van der Waals surface area contributed by atoms with Gasteiger partial charge in [0.1, 0.15) is 0 Å². The zero-order valence-electron chi connectivity index (χ0n) is 13.5. The van der Waals surface area contributed by atoms with Gasteiger partial charge in [0.25, 0.3) is 0 Å². The van der Waals surface area contributed by atoms with E-state index in [0.717, 1.165) is 16.7 Å². The van der Waals surface area contributed by atoms with Crippen LogP contribution >= 0.6 is 11.6 Å². The molecule has 24 heavy (non-hydrogen) atoms. The first-order valence-corrected chi connectivity index (χ1v) is 8.17. The number of hydrogen-bond donors (Lipinski definition) is 1. The standard InChI is InChI=1S/C19H20ClNO3/c1-2-24-19(23)18(22)12-17(21)10-13-6-8-14(9-7-13)15-4-3-5-16(20)11-15/h3-9,11,17H,2,10,12,21H2,1H3/t17-/m1/s1. The number of carbonyl (C=O) groups excluding carboxylic acids is 2. The second-order valence-corrected chi connectivity index (χ2v) is 5.96. The molecule has 0 amide bonds. The molecule has 0 aliphatic carbocycles. The number of ether oxygens (including phenoxy) is 1. The van der Waals surface area contributed by atoms with Crippen LogP contribution in [0.1, 0.15) is 18.9 Å². The first-order valence-electron chi connectivity index (χ1n) is 7.80. The van der Waals surface area contributed by atoms with Crippen molar-refractivity contribution >= 4 is 23.4 Å². The molecule has 0 heterocycles. The highest BCUT2D eigenvalue weighted by Crippen LogP contribution is 2.23. The number of benzene rings is 2. The molecule has 2 N–H and O–H groups in total. The van der Waals surface area contributed by atoms with Crippen LogP contribution in [0, 0.1) is 0 Å². The predicted octanol–water partition coefficient (Wildman–Crippen LogP) is 3.40. The summed E-state index contributed by atoms with van der Waals surface area (Å²) in [5, 5.41) is 0.691. The second kappa shape index (κ2) is 8.62. The van der Waals surface area contributed by atoms with Gasteiger partial charge in [-0.3, -0.25) is 4.79 Å². The summed E-state index contributed by atoms with van der Waals surface area (Å²) in [4.78, 5) is 23.0. The summed E-state index contributed by atoms with van der Waals surface area (Å²) in [5.41, 5.74) is 9.06. The number of ketones is 1. The van der Waals surface area contributed by atoms with E-state index in [1.807, 2.05) is 48.5 Å². The fraction of sp³-hybridized carbons (Fsp3) is 0.263. The van der Waals surface area contributed by atoms with Gasteiger partial charge < -0.3 is 10.5 Å². The fourth-order valence-corrected chi connectivity index (χ4v) is 2.60. The quantitative estimate of drug-likeness (QED) is 0.616. The Bertz CT molecular complexity index is 713. The van der Waals surface area contributed by atoms with Crippen molar-refractivity contribution in [3.8, 4) is 11.1 Å². The molecule has 5 heteroatoms. The predicted molar refractivity (Wildman–Crippen MR) is 94.8 cm³/mol. The minimum Gasteiger partial charge on any atom is -0.460 e. The normalized spacial score (nSPS) is 11.8. The molecule has 0 saturated carbocycles. The Morgan fingerprint density at radius 3 is 2.46 bits per heavy atom. The third-order valence-corrected chi connectivity index (χ3v) is 3.80. The molecule has 0 radical (unpaired) electrons. The van der Waals surface area contributed by atoms with Crippen LogP contribution in [-0.2, 0) is 20.7 Å². The van der Waals surface area contributed by atoms with Gasteiger partial charge in [0.2, 0.25) is 5.78 Å². The summed E-state index contributed by atoms with van der Waals surface area (Å²) in [7, 11) is 0. The average Bonchev–Trinajstić information content (AvgIpc) is 2.55. The van der Waals surface area contributed by atoms with Crippen molar-refractivity contribution in [3.63, 3.8) is 0 Å². The van der Waals surface area contributed by atoms with E-state index in [9.17, 15) is 9.59 Å². The van der Waals surface area contributed by atoms with Crippen LogP contribution in [0.5, 0.6) is 0 Å². The Hall–Kier alpha value is -2.17. The molecule has 0 aliphatic rings. The molecule has 1 atom stereocenters. The lowest BCUT2D eigenvalue weighted by atomic mass is 9.99. The number of halogens is 1. The number of nitrogens with two attached hydrogens (primary N) is 1. The molecular weight excluding hydrogens is 326 g/mol. The van der Waals surface area contributed by atoms with Crippen molar-refractivity contribution in [2.24, 2.45) is 5.73 Å². The van der Waals surface area contributed by atoms with E-state index < -0.39 is 17.8 Å². The number of hydrogen-bond acceptors (Lipinski definition) is 4. The molecule has 0 spiro atoms. The van der Waals surface area contributed by atoms with E-state index in [2.05, 4.69) is 4.74 Å². The van der Waals surface area contributed by atoms with Crippen molar-refractivity contribution < 1.29 is 14.3 Å². The van der Waals surface area contributed by atoms with Crippen molar-refractivity contribution in [1.82, 2.24) is 0 Å². The molecule has 2 aromatic rings. The number of rotatable bonds is 7. The maximum atomic E-state index is 11.6. The van der Waals surface area contributed by atoms with Crippen LogP contribution in [0.25, 0.3) is 11.1 Å². The summed E-state index contributed by atoms with van der Waals surface area (Å²) in [5.74, 6) is -1.40. The summed E-state index contributed by atoms with van der Waals surface area (Å²) in [6, 6.07) is 15.1. The van der Waals surface area contributed by atoms with Crippen LogP contribution in [0.15, 0.2) is 48.5 Å².